The molecule has 0 aliphatic rings. The molecule has 3 N–H and O–H groups in total. The number of carbonyl (C=O) groups excluding carboxylic acids is 2. The van der Waals surface area contributed by atoms with Crippen LogP contribution in [0.15, 0.2) is 18.3 Å². The van der Waals surface area contributed by atoms with E-state index >= 15 is 0 Å². The molecule has 0 aliphatic heterocycles. The lowest BCUT2D eigenvalue weighted by Gasteiger charge is -2.15. The summed E-state index contributed by atoms with van der Waals surface area (Å²) in [6.07, 6.45) is 1.66. The van der Waals surface area contributed by atoms with Gasteiger partial charge in [0.25, 0.3) is 0 Å². The van der Waals surface area contributed by atoms with Gasteiger partial charge in [0.2, 0.25) is 11.8 Å². The molecule has 0 spiro atoms. The van der Waals surface area contributed by atoms with Crippen LogP contribution in [0.5, 0.6) is 0 Å². The summed E-state index contributed by atoms with van der Waals surface area (Å²) in [6, 6.07) is 3.38. The van der Waals surface area contributed by atoms with Crippen molar-refractivity contribution in [1.82, 2.24) is 15.2 Å². The van der Waals surface area contributed by atoms with Gasteiger partial charge in [0.15, 0.2) is 0 Å². The molecule has 1 rings (SSSR count). The maximum Gasteiger partial charge on any atom is 0.239 e. The summed E-state index contributed by atoms with van der Waals surface area (Å²) in [5.74, 6) is -0.364. The van der Waals surface area contributed by atoms with Crippen LogP contribution in [0.25, 0.3) is 0 Å². The van der Waals surface area contributed by atoms with E-state index in [2.05, 4.69) is 10.3 Å². The van der Waals surface area contributed by atoms with Gasteiger partial charge in [-0.2, -0.15) is 0 Å². The molecule has 6 heteroatoms. The molecule has 92 valence electrons. The summed E-state index contributed by atoms with van der Waals surface area (Å²) in [7, 11) is 3.11. The van der Waals surface area contributed by atoms with Gasteiger partial charge in [0.05, 0.1) is 24.8 Å². The Kier molecular flexibility index (Phi) is 4.45. The highest BCUT2D eigenvalue weighted by Gasteiger charge is 2.12. The number of anilines is 1. The Morgan fingerprint density at radius 2 is 2.18 bits per heavy atom. The van der Waals surface area contributed by atoms with Crippen molar-refractivity contribution in [3.8, 4) is 0 Å². The van der Waals surface area contributed by atoms with E-state index in [1.54, 1.807) is 19.2 Å². The summed E-state index contributed by atoms with van der Waals surface area (Å²) in [6.45, 7) is 0.0459. The molecule has 0 aliphatic carbocycles. The highest BCUT2D eigenvalue weighted by atomic mass is 16.2. The zero-order chi connectivity index (χ0) is 12.8. The van der Waals surface area contributed by atoms with Crippen molar-refractivity contribution < 1.29 is 9.59 Å². The van der Waals surface area contributed by atoms with E-state index in [9.17, 15) is 9.59 Å². The van der Waals surface area contributed by atoms with Crippen molar-refractivity contribution in [2.24, 2.45) is 0 Å². The molecule has 17 heavy (non-hydrogen) atoms. The van der Waals surface area contributed by atoms with Crippen LogP contribution in [0.1, 0.15) is 5.69 Å². The van der Waals surface area contributed by atoms with E-state index in [-0.39, 0.29) is 24.8 Å². The Hall–Kier alpha value is -2.11. The van der Waals surface area contributed by atoms with E-state index in [0.29, 0.717) is 11.4 Å². The fourth-order valence-corrected chi connectivity index (χ4v) is 1.21. The number of rotatable bonds is 4. The lowest BCUT2D eigenvalue weighted by Crippen LogP contribution is -2.37. The molecule has 0 saturated carbocycles. The average molecular weight is 236 g/mol. The van der Waals surface area contributed by atoms with Gasteiger partial charge in [0.1, 0.15) is 0 Å². The molecule has 1 aromatic heterocycles. The second-order valence-corrected chi connectivity index (χ2v) is 3.68. The van der Waals surface area contributed by atoms with Crippen LogP contribution < -0.4 is 11.1 Å². The summed E-state index contributed by atoms with van der Waals surface area (Å²) in [5, 5.41) is 2.46. The van der Waals surface area contributed by atoms with Crippen LogP contribution in [0.4, 0.5) is 5.69 Å². The minimum Gasteiger partial charge on any atom is -0.397 e. The van der Waals surface area contributed by atoms with Gasteiger partial charge >= 0.3 is 0 Å². The van der Waals surface area contributed by atoms with E-state index in [1.165, 1.54) is 18.1 Å². The smallest absolute Gasteiger partial charge is 0.239 e. The SMILES string of the molecule is CNC(=O)CN(C)C(=O)Cc1ccc(N)cn1. The summed E-state index contributed by atoms with van der Waals surface area (Å²) < 4.78 is 0. The number of nitrogens with two attached hydrogens (primary N) is 1. The first-order chi connectivity index (χ1) is 8.02. The van der Waals surface area contributed by atoms with Crippen LogP contribution in [0, 0.1) is 0 Å². The minimum atomic E-state index is -0.203. The van der Waals surface area contributed by atoms with E-state index in [4.69, 9.17) is 5.73 Å². The number of amides is 2. The van der Waals surface area contributed by atoms with Crippen LogP contribution in [0.2, 0.25) is 0 Å². The number of pyridine rings is 1. The summed E-state index contributed by atoms with van der Waals surface area (Å²) >= 11 is 0. The Labute approximate surface area is 99.8 Å². The van der Waals surface area contributed by atoms with Gasteiger partial charge < -0.3 is 16.0 Å². The monoisotopic (exact) mass is 236 g/mol. The molecule has 6 nitrogen and oxygen atoms in total. The van der Waals surface area contributed by atoms with Gasteiger partial charge in [-0.1, -0.05) is 0 Å². The van der Waals surface area contributed by atoms with E-state index < -0.39 is 0 Å². The van der Waals surface area contributed by atoms with E-state index in [0.717, 1.165) is 0 Å². The Morgan fingerprint density at radius 1 is 1.47 bits per heavy atom. The average Bonchev–Trinajstić information content (AvgIpc) is 2.31. The molecular weight excluding hydrogens is 220 g/mol. The topological polar surface area (TPSA) is 88.3 Å². The molecule has 2 amide bonds. The predicted molar refractivity (Wildman–Crippen MR) is 64.1 cm³/mol. The first-order valence-corrected chi connectivity index (χ1v) is 5.18. The van der Waals surface area contributed by atoms with Crippen molar-refractivity contribution in [3.05, 3.63) is 24.0 Å². The fourth-order valence-electron chi connectivity index (χ4n) is 1.21. The van der Waals surface area contributed by atoms with Crippen LogP contribution in [-0.4, -0.2) is 42.3 Å². The zero-order valence-corrected chi connectivity index (χ0v) is 9.93. The number of likely N-dealkylation sites (N-methyl/N-ethyl adjacent to an activating group) is 2. The predicted octanol–water partition coefficient (Wildman–Crippen LogP) is -0.589. The van der Waals surface area contributed by atoms with Gasteiger partial charge in [-0.05, 0) is 12.1 Å². The highest BCUT2D eigenvalue weighted by Crippen LogP contribution is 2.03. The second-order valence-electron chi connectivity index (χ2n) is 3.68. The minimum absolute atomic E-state index is 0.0459. The van der Waals surface area contributed by atoms with Gasteiger partial charge in [-0.15, -0.1) is 0 Å². The van der Waals surface area contributed by atoms with Crippen molar-refractivity contribution in [2.75, 3.05) is 26.4 Å². The first kappa shape index (κ1) is 13.0. The number of nitrogens with zero attached hydrogens (tertiary/aromatic N) is 2. The van der Waals surface area contributed by atoms with Gasteiger partial charge in [-0.25, -0.2) is 0 Å². The molecule has 0 unspecified atom stereocenters. The maximum absolute atomic E-state index is 11.7. The third kappa shape index (κ3) is 4.10. The van der Waals surface area contributed by atoms with Crippen LogP contribution >= 0.6 is 0 Å². The second kappa shape index (κ2) is 5.83. The van der Waals surface area contributed by atoms with Crippen molar-refractivity contribution in [1.29, 1.82) is 0 Å². The maximum atomic E-state index is 11.7. The number of carbonyl (C=O) groups is 2. The van der Waals surface area contributed by atoms with E-state index in [1.807, 2.05) is 0 Å². The van der Waals surface area contributed by atoms with Crippen molar-refractivity contribution >= 4 is 17.5 Å². The molecular formula is C11H16N4O2. The molecule has 0 saturated heterocycles. The quantitative estimate of drug-likeness (QED) is 0.731. The molecule has 0 fully saturated rings. The van der Waals surface area contributed by atoms with Crippen LogP contribution in [0.3, 0.4) is 0 Å². The largest absolute Gasteiger partial charge is 0.397 e. The van der Waals surface area contributed by atoms with Gasteiger partial charge in [-0.3, -0.25) is 14.6 Å². The number of nitrogen functional groups attached to an aromatic ring is 1. The summed E-state index contributed by atoms with van der Waals surface area (Å²) in [4.78, 5) is 28.2. The molecule has 0 radical (unpaired) electrons. The van der Waals surface area contributed by atoms with Crippen molar-refractivity contribution in [2.45, 2.75) is 6.42 Å². The standard InChI is InChI=1S/C11H16N4O2/c1-13-10(16)7-15(2)11(17)5-9-4-3-8(12)6-14-9/h3-4,6H,5,7,12H2,1-2H3,(H,13,16). The number of hydrogen-bond donors (Lipinski definition) is 2. The van der Waals surface area contributed by atoms with Crippen LogP contribution in [-0.2, 0) is 16.0 Å². The molecule has 0 bridgehead atoms. The normalized spacial score (nSPS) is 9.76. The zero-order valence-electron chi connectivity index (χ0n) is 9.93. The molecule has 0 atom stereocenters. The lowest BCUT2D eigenvalue weighted by atomic mass is 10.2. The Balaban J connectivity index is 2.54. The number of hydrogen-bond acceptors (Lipinski definition) is 4. The lowest BCUT2D eigenvalue weighted by molar-refractivity contribution is -0.134. The molecule has 1 aromatic rings. The highest BCUT2D eigenvalue weighted by molar-refractivity contribution is 5.85. The van der Waals surface area contributed by atoms with Gasteiger partial charge in [0, 0.05) is 19.8 Å². The Morgan fingerprint density at radius 3 is 2.71 bits per heavy atom. The number of nitrogens with one attached hydrogen (secondary N) is 1. The fraction of sp³-hybridized carbons (Fsp3) is 0.364. The Bertz CT molecular complexity index is 402. The third-order valence-corrected chi connectivity index (χ3v) is 2.27. The van der Waals surface area contributed by atoms with Crippen molar-refractivity contribution in [3.63, 3.8) is 0 Å². The summed E-state index contributed by atoms with van der Waals surface area (Å²) in [5.41, 5.74) is 6.68. The number of aromatic nitrogens is 1. The third-order valence-electron chi connectivity index (χ3n) is 2.27. The molecule has 0 aromatic carbocycles. The first-order valence-electron chi connectivity index (χ1n) is 5.18. The molecule has 1 heterocycles.